The molecule has 1 amide bonds. The number of aromatic hydroxyl groups is 1. The summed E-state index contributed by atoms with van der Waals surface area (Å²) in [6.07, 6.45) is 1.17. The number of methoxy groups -OCH3 is 1. The van der Waals surface area contributed by atoms with Crippen LogP contribution in [0.2, 0.25) is 0 Å². The molecule has 0 saturated heterocycles. The molecule has 0 spiro atoms. The molecule has 8 heteroatoms. The molecule has 1 heterocycles. The van der Waals surface area contributed by atoms with Crippen molar-refractivity contribution < 1.29 is 34.1 Å². The van der Waals surface area contributed by atoms with Gasteiger partial charge in [0.05, 0.1) is 12.7 Å². The summed E-state index contributed by atoms with van der Waals surface area (Å²) in [4.78, 5) is 38.6. The van der Waals surface area contributed by atoms with Gasteiger partial charge in [-0.3, -0.25) is 14.4 Å². The fourth-order valence-corrected chi connectivity index (χ4v) is 4.40. The maximum atomic E-state index is 13.3. The van der Waals surface area contributed by atoms with Crippen LogP contribution in [-0.4, -0.2) is 34.8 Å². The first-order valence-corrected chi connectivity index (χ1v) is 10.7. The molecule has 2 aliphatic rings. The molecule has 0 saturated carbocycles. The standard InChI is InChI=1S/C26H25NO7/c1-12-6-7-15(8-13(12)2)11-27-25(32)21-18(33-5)9-17(30)22-23(21)34-19-10-16(29)20(14(3)28)24(31)26(19,22)4/h6-10,29-30H,11H2,1-5H3,(H,27,32)/t26-/m1/s1. The topological polar surface area (TPSA) is 122 Å². The molecule has 4 rings (SSSR count). The Morgan fingerprint density at radius 3 is 2.47 bits per heavy atom. The van der Waals surface area contributed by atoms with Crippen LogP contribution >= 0.6 is 0 Å². The van der Waals surface area contributed by atoms with E-state index in [1.165, 1.54) is 33.1 Å². The molecule has 34 heavy (non-hydrogen) atoms. The molecule has 1 aliphatic carbocycles. The number of aryl methyl sites for hydroxylation is 2. The lowest BCUT2D eigenvalue weighted by atomic mass is 9.71. The maximum absolute atomic E-state index is 13.3. The second kappa shape index (κ2) is 8.06. The van der Waals surface area contributed by atoms with Gasteiger partial charge in [0.25, 0.3) is 5.91 Å². The summed E-state index contributed by atoms with van der Waals surface area (Å²) >= 11 is 0. The molecule has 1 atom stereocenters. The minimum atomic E-state index is -1.60. The summed E-state index contributed by atoms with van der Waals surface area (Å²) in [7, 11) is 1.34. The van der Waals surface area contributed by atoms with E-state index >= 15 is 0 Å². The van der Waals surface area contributed by atoms with Crippen LogP contribution in [0.1, 0.15) is 46.5 Å². The average molecular weight is 463 g/mol. The summed E-state index contributed by atoms with van der Waals surface area (Å²) in [6, 6.07) is 7.09. The number of phenolic OH excluding ortho intramolecular Hbond substituents is 1. The molecule has 2 aromatic carbocycles. The normalized spacial score (nSPS) is 18.6. The number of fused-ring (bicyclic) bond motifs is 3. The van der Waals surface area contributed by atoms with Gasteiger partial charge in [0.15, 0.2) is 17.3 Å². The van der Waals surface area contributed by atoms with E-state index in [2.05, 4.69) is 5.32 Å². The van der Waals surface area contributed by atoms with Crippen molar-refractivity contribution in [1.29, 1.82) is 0 Å². The van der Waals surface area contributed by atoms with Gasteiger partial charge in [0, 0.05) is 18.7 Å². The summed E-state index contributed by atoms with van der Waals surface area (Å²) in [5, 5.41) is 23.9. The number of amides is 1. The quantitative estimate of drug-likeness (QED) is 0.581. The van der Waals surface area contributed by atoms with E-state index in [1.807, 2.05) is 32.0 Å². The fourth-order valence-electron chi connectivity index (χ4n) is 4.40. The van der Waals surface area contributed by atoms with Gasteiger partial charge < -0.3 is 25.0 Å². The molecule has 2 aromatic rings. The molecule has 1 aliphatic heterocycles. The number of carbonyl (C=O) groups is 3. The zero-order valence-corrected chi connectivity index (χ0v) is 19.5. The Labute approximate surface area is 196 Å². The van der Waals surface area contributed by atoms with Crippen LogP contribution in [0.15, 0.2) is 47.4 Å². The number of Topliss-reactive ketones (excluding diaryl/α,β-unsaturated/α-hetero) is 2. The molecule has 0 fully saturated rings. The van der Waals surface area contributed by atoms with Gasteiger partial charge in [0.2, 0.25) is 0 Å². The first kappa shape index (κ1) is 23.1. The monoisotopic (exact) mass is 463 g/mol. The molecule has 0 unspecified atom stereocenters. The number of hydrogen-bond acceptors (Lipinski definition) is 7. The number of hydrogen-bond donors (Lipinski definition) is 3. The number of carbonyl (C=O) groups excluding carboxylic acids is 3. The third-order valence-electron chi connectivity index (χ3n) is 6.46. The highest BCUT2D eigenvalue weighted by molar-refractivity contribution is 6.25. The van der Waals surface area contributed by atoms with Crippen LogP contribution in [0.5, 0.6) is 17.2 Å². The predicted octanol–water partition coefficient (Wildman–Crippen LogP) is 3.47. The molecule has 0 bridgehead atoms. The zero-order chi connectivity index (χ0) is 24.9. The number of rotatable bonds is 5. The third kappa shape index (κ3) is 3.34. The van der Waals surface area contributed by atoms with Crippen LogP contribution in [0.4, 0.5) is 0 Å². The van der Waals surface area contributed by atoms with Gasteiger partial charge in [-0.05, 0) is 44.4 Å². The lowest BCUT2D eigenvalue weighted by Crippen LogP contribution is -2.38. The van der Waals surface area contributed by atoms with Crippen LogP contribution < -0.4 is 14.8 Å². The molecule has 0 aromatic heterocycles. The molecule has 0 radical (unpaired) electrons. The zero-order valence-electron chi connectivity index (χ0n) is 19.5. The number of aliphatic hydroxyl groups is 1. The Morgan fingerprint density at radius 1 is 1.15 bits per heavy atom. The van der Waals surface area contributed by atoms with E-state index in [0.29, 0.717) is 0 Å². The molecule has 3 N–H and O–H groups in total. The average Bonchev–Trinajstić information content (AvgIpc) is 3.07. The van der Waals surface area contributed by atoms with Crippen molar-refractivity contribution in [1.82, 2.24) is 5.32 Å². The van der Waals surface area contributed by atoms with E-state index in [-0.39, 0.29) is 40.7 Å². The lowest BCUT2D eigenvalue weighted by Gasteiger charge is -2.27. The number of aliphatic hydroxyl groups excluding tert-OH is 1. The molecular weight excluding hydrogens is 438 g/mol. The first-order chi connectivity index (χ1) is 16.0. The van der Waals surface area contributed by atoms with Gasteiger partial charge in [-0.25, -0.2) is 0 Å². The highest BCUT2D eigenvalue weighted by Gasteiger charge is 2.55. The Hall–Kier alpha value is -4.07. The summed E-state index contributed by atoms with van der Waals surface area (Å²) < 4.78 is 11.2. The summed E-state index contributed by atoms with van der Waals surface area (Å²) in [6.45, 7) is 6.86. The highest BCUT2D eigenvalue weighted by atomic mass is 16.5. The van der Waals surface area contributed by atoms with E-state index in [9.17, 15) is 24.6 Å². The van der Waals surface area contributed by atoms with E-state index in [1.54, 1.807) is 0 Å². The van der Waals surface area contributed by atoms with Crippen molar-refractivity contribution >= 4 is 17.5 Å². The van der Waals surface area contributed by atoms with E-state index < -0.39 is 34.2 Å². The van der Waals surface area contributed by atoms with Gasteiger partial charge in [0.1, 0.15) is 39.6 Å². The minimum absolute atomic E-state index is 0.00163. The Balaban J connectivity index is 1.79. The predicted molar refractivity (Wildman–Crippen MR) is 123 cm³/mol. The third-order valence-corrected chi connectivity index (χ3v) is 6.46. The van der Waals surface area contributed by atoms with Gasteiger partial charge in [-0.2, -0.15) is 0 Å². The van der Waals surface area contributed by atoms with Crippen molar-refractivity contribution in [3.8, 4) is 17.2 Å². The van der Waals surface area contributed by atoms with E-state index in [4.69, 9.17) is 9.47 Å². The maximum Gasteiger partial charge on any atom is 0.259 e. The van der Waals surface area contributed by atoms with E-state index in [0.717, 1.165) is 16.7 Å². The van der Waals surface area contributed by atoms with Gasteiger partial charge in [-0.1, -0.05) is 18.2 Å². The largest absolute Gasteiger partial charge is 0.507 e. The molecule has 8 nitrogen and oxygen atoms in total. The first-order valence-electron chi connectivity index (χ1n) is 10.7. The highest BCUT2D eigenvalue weighted by Crippen LogP contribution is 2.56. The number of ketones is 2. The Kier molecular flexibility index (Phi) is 5.47. The van der Waals surface area contributed by atoms with Gasteiger partial charge in [-0.15, -0.1) is 0 Å². The Bertz CT molecular complexity index is 1340. The van der Waals surface area contributed by atoms with Gasteiger partial charge >= 0.3 is 0 Å². The van der Waals surface area contributed by atoms with Crippen LogP contribution in [-0.2, 0) is 21.5 Å². The van der Waals surface area contributed by atoms with Crippen molar-refractivity contribution in [3.63, 3.8) is 0 Å². The second-order valence-corrected chi connectivity index (χ2v) is 8.66. The molecule has 176 valence electrons. The fraction of sp³-hybridized carbons (Fsp3) is 0.269. The van der Waals surface area contributed by atoms with Crippen molar-refractivity contribution in [2.45, 2.75) is 39.7 Å². The van der Waals surface area contributed by atoms with Crippen molar-refractivity contribution in [3.05, 3.63) is 75.3 Å². The Morgan fingerprint density at radius 2 is 1.85 bits per heavy atom. The minimum Gasteiger partial charge on any atom is -0.507 e. The summed E-state index contributed by atoms with van der Waals surface area (Å²) in [5.41, 5.74) is 1.16. The summed E-state index contributed by atoms with van der Waals surface area (Å²) in [5.74, 6) is -2.75. The number of nitrogens with one attached hydrogen (secondary N) is 1. The number of ether oxygens (including phenoxy) is 2. The second-order valence-electron chi connectivity index (χ2n) is 8.66. The number of phenols is 1. The SMILES string of the molecule is COc1cc(O)c2c(c1C(=O)NCc1ccc(C)c(C)c1)OC1=CC(O)=C(C(C)=O)C(=O)[C@]12C. The lowest BCUT2D eigenvalue weighted by molar-refractivity contribution is -0.123. The van der Waals surface area contributed by atoms with Crippen molar-refractivity contribution in [2.24, 2.45) is 0 Å². The number of benzene rings is 2. The molecular formula is C26H25NO7. The smallest absolute Gasteiger partial charge is 0.259 e. The van der Waals surface area contributed by atoms with Crippen molar-refractivity contribution in [2.75, 3.05) is 7.11 Å². The van der Waals surface area contributed by atoms with Crippen LogP contribution in [0.3, 0.4) is 0 Å². The number of allylic oxidation sites excluding steroid dienone is 3. The van der Waals surface area contributed by atoms with Crippen LogP contribution in [0.25, 0.3) is 0 Å². The van der Waals surface area contributed by atoms with Crippen LogP contribution in [0, 0.1) is 13.8 Å².